The van der Waals surface area contributed by atoms with E-state index in [1.54, 1.807) is 0 Å². The van der Waals surface area contributed by atoms with Gasteiger partial charge in [0.1, 0.15) is 0 Å². The standard InChI is InChI=1S/C12H19BP/c1-10-8-6-7-9-11(10)14(5,13)12(2,3)4/h6-9H,1-5H3/q+1. The molecule has 0 saturated heterocycles. The maximum absolute atomic E-state index is 6.53. The quantitative estimate of drug-likeness (QED) is 0.488. The first-order chi connectivity index (χ1) is 6.27. The maximum atomic E-state index is 6.53. The van der Waals surface area contributed by atoms with Crippen molar-refractivity contribution in [3.8, 4) is 0 Å². The molecule has 1 aromatic carbocycles. The molecule has 1 rings (SSSR count). The Labute approximate surface area is 89.8 Å². The van der Waals surface area contributed by atoms with E-state index >= 15 is 0 Å². The van der Waals surface area contributed by atoms with Crippen LogP contribution in [0.15, 0.2) is 24.3 Å². The molecule has 2 heteroatoms. The lowest BCUT2D eigenvalue weighted by Crippen LogP contribution is -2.29. The van der Waals surface area contributed by atoms with Crippen LogP contribution < -0.4 is 5.30 Å². The van der Waals surface area contributed by atoms with Gasteiger partial charge >= 0.3 is 7.57 Å². The minimum Gasteiger partial charge on any atom is -0.0617 e. The van der Waals surface area contributed by atoms with Crippen LogP contribution in [0.5, 0.6) is 0 Å². The van der Waals surface area contributed by atoms with Gasteiger partial charge in [-0.15, -0.1) is 0 Å². The maximum Gasteiger partial charge on any atom is 0.371 e. The van der Waals surface area contributed by atoms with Crippen LogP contribution in [0.25, 0.3) is 0 Å². The Balaban J connectivity index is 3.23. The Morgan fingerprint density at radius 1 is 1.14 bits per heavy atom. The third-order valence-electron chi connectivity index (χ3n) is 3.01. The summed E-state index contributed by atoms with van der Waals surface area (Å²) in [6.07, 6.45) is 0. The lowest BCUT2D eigenvalue weighted by atomic mass is 10.2. The molecule has 1 atom stereocenters. The van der Waals surface area contributed by atoms with E-state index in [1.807, 2.05) is 0 Å². The number of benzene rings is 1. The Kier molecular flexibility index (Phi) is 3.12. The van der Waals surface area contributed by atoms with Crippen LogP contribution in [0.1, 0.15) is 26.3 Å². The molecule has 14 heavy (non-hydrogen) atoms. The van der Waals surface area contributed by atoms with Gasteiger partial charge in [0, 0.05) is 6.66 Å². The number of hydrogen-bond acceptors (Lipinski definition) is 0. The van der Waals surface area contributed by atoms with E-state index in [0.29, 0.717) is 0 Å². The Morgan fingerprint density at radius 3 is 2.07 bits per heavy atom. The van der Waals surface area contributed by atoms with Crippen molar-refractivity contribution in [3.05, 3.63) is 29.8 Å². The average Bonchev–Trinajstić information content (AvgIpc) is 2.02. The molecule has 0 N–H and O–H groups in total. The van der Waals surface area contributed by atoms with Gasteiger partial charge in [0.25, 0.3) is 0 Å². The topological polar surface area (TPSA) is 0 Å². The van der Waals surface area contributed by atoms with E-state index in [-0.39, 0.29) is 5.16 Å². The Hall–Kier alpha value is -0.285. The van der Waals surface area contributed by atoms with Crippen LogP contribution >= 0.6 is 7.14 Å². The van der Waals surface area contributed by atoms with Crippen LogP contribution in [0.2, 0.25) is 0 Å². The van der Waals surface area contributed by atoms with Crippen LogP contribution in [-0.4, -0.2) is 19.4 Å². The van der Waals surface area contributed by atoms with Crippen molar-refractivity contribution < 1.29 is 0 Å². The largest absolute Gasteiger partial charge is 0.371 e. The third-order valence-corrected chi connectivity index (χ3v) is 7.30. The van der Waals surface area contributed by atoms with E-state index in [0.717, 1.165) is 0 Å². The Bertz CT molecular complexity index is 323. The number of aryl methyl sites for hydroxylation is 1. The van der Waals surface area contributed by atoms with Gasteiger partial charge in [-0.25, -0.2) is 0 Å². The number of rotatable bonds is 1. The summed E-state index contributed by atoms with van der Waals surface area (Å²) < 4.78 is 0. The van der Waals surface area contributed by atoms with Crippen LogP contribution in [0.3, 0.4) is 0 Å². The first kappa shape index (κ1) is 11.8. The van der Waals surface area contributed by atoms with Gasteiger partial charge < -0.3 is 0 Å². The SMILES string of the molecule is [B][P+](C)(c1ccccc1C)C(C)(C)C. The normalized spacial score (nSPS) is 16.4. The lowest BCUT2D eigenvalue weighted by Gasteiger charge is -2.33. The summed E-state index contributed by atoms with van der Waals surface area (Å²) in [6.45, 7) is 11.1. The molecule has 74 valence electrons. The molecule has 0 amide bonds. The molecule has 0 bridgehead atoms. The van der Waals surface area contributed by atoms with Crippen molar-refractivity contribution >= 4 is 20.0 Å². The van der Waals surface area contributed by atoms with Gasteiger partial charge in [-0.2, -0.15) is 0 Å². The molecule has 2 radical (unpaired) electrons. The molecule has 0 nitrogen and oxygen atoms in total. The van der Waals surface area contributed by atoms with Crippen molar-refractivity contribution in [2.75, 3.05) is 6.66 Å². The highest BCUT2D eigenvalue weighted by Gasteiger charge is 2.42. The zero-order chi connectivity index (χ0) is 11.0. The molecular formula is C12H19BP+. The second kappa shape index (κ2) is 3.70. The van der Waals surface area contributed by atoms with Crippen LogP contribution in [0.4, 0.5) is 0 Å². The molecule has 1 unspecified atom stereocenters. The van der Waals surface area contributed by atoms with E-state index in [4.69, 9.17) is 7.57 Å². The van der Waals surface area contributed by atoms with Crippen molar-refractivity contribution in [2.45, 2.75) is 32.9 Å². The predicted molar refractivity (Wildman–Crippen MR) is 69.2 cm³/mol. The third kappa shape index (κ3) is 2.03. The van der Waals surface area contributed by atoms with Gasteiger partial charge in [-0.3, -0.25) is 0 Å². The fraction of sp³-hybridized carbons (Fsp3) is 0.500. The minimum absolute atomic E-state index is 0.180. The second-order valence-corrected chi connectivity index (χ2v) is 9.01. The van der Waals surface area contributed by atoms with Crippen molar-refractivity contribution in [3.63, 3.8) is 0 Å². The zero-order valence-electron chi connectivity index (χ0n) is 9.83. The highest BCUT2D eigenvalue weighted by Crippen LogP contribution is 2.60. The molecule has 0 aliphatic rings. The molecule has 0 fully saturated rings. The highest BCUT2D eigenvalue weighted by atomic mass is 31.2. The predicted octanol–water partition coefficient (Wildman–Crippen LogP) is 3.15. The Morgan fingerprint density at radius 2 is 1.64 bits per heavy atom. The number of hydrogen-bond donors (Lipinski definition) is 0. The van der Waals surface area contributed by atoms with E-state index in [1.165, 1.54) is 10.9 Å². The molecule has 0 aromatic heterocycles. The summed E-state index contributed by atoms with van der Waals surface area (Å²) in [5.74, 6) is 0. The van der Waals surface area contributed by atoms with Gasteiger partial charge in [0.05, 0.1) is 10.5 Å². The molecule has 0 aliphatic carbocycles. The van der Waals surface area contributed by atoms with Crippen LogP contribution in [0, 0.1) is 6.92 Å². The molecule has 0 aliphatic heterocycles. The fourth-order valence-corrected chi connectivity index (χ4v) is 3.37. The van der Waals surface area contributed by atoms with Crippen molar-refractivity contribution in [1.82, 2.24) is 0 Å². The van der Waals surface area contributed by atoms with E-state index in [9.17, 15) is 0 Å². The van der Waals surface area contributed by atoms with Gasteiger partial charge in [-0.05, 0) is 46.5 Å². The first-order valence-corrected chi connectivity index (χ1v) is 7.29. The minimum atomic E-state index is -1.52. The van der Waals surface area contributed by atoms with E-state index in [2.05, 4.69) is 58.6 Å². The zero-order valence-corrected chi connectivity index (χ0v) is 10.7. The highest BCUT2D eigenvalue weighted by molar-refractivity contribution is 8.03. The summed E-state index contributed by atoms with van der Waals surface area (Å²) in [5.41, 5.74) is 1.32. The summed E-state index contributed by atoms with van der Waals surface area (Å²) in [4.78, 5) is 0. The smallest absolute Gasteiger partial charge is 0.0617 e. The summed E-state index contributed by atoms with van der Waals surface area (Å²) in [5, 5.41) is 1.53. The molecule has 0 saturated carbocycles. The van der Waals surface area contributed by atoms with E-state index < -0.39 is 7.14 Å². The molecule has 1 aromatic rings. The summed E-state index contributed by atoms with van der Waals surface area (Å²) >= 11 is 0. The molecule has 0 spiro atoms. The van der Waals surface area contributed by atoms with Gasteiger partial charge in [0.15, 0.2) is 0 Å². The van der Waals surface area contributed by atoms with Gasteiger partial charge in [0.2, 0.25) is 0 Å². The average molecular weight is 205 g/mol. The fourth-order valence-electron chi connectivity index (χ4n) is 1.45. The molecular weight excluding hydrogens is 186 g/mol. The first-order valence-electron chi connectivity index (χ1n) is 4.98. The summed E-state index contributed by atoms with van der Waals surface area (Å²) in [7, 11) is 5.01. The lowest BCUT2D eigenvalue weighted by molar-refractivity contribution is 0.787. The second-order valence-electron chi connectivity index (χ2n) is 5.03. The monoisotopic (exact) mass is 205 g/mol. The van der Waals surface area contributed by atoms with Gasteiger partial charge in [-0.1, -0.05) is 18.2 Å². The van der Waals surface area contributed by atoms with Crippen molar-refractivity contribution in [1.29, 1.82) is 0 Å². The van der Waals surface area contributed by atoms with Crippen LogP contribution in [-0.2, 0) is 0 Å². The van der Waals surface area contributed by atoms with Crippen molar-refractivity contribution in [2.24, 2.45) is 0 Å². The summed E-state index contributed by atoms with van der Waals surface area (Å²) in [6, 6.07) is 8.47. The molecule has 0 heterocycles.